The molecule has 0 spiro atoms. The molecule has 206 valence electrons. The van der Waals surface area contributed by atoms with E-state index in [1.54, 1.807) is 35.9 Å². The van der Waals surface area contributed by atoms with E-state index in [0.717, 1.165) is 23.9 Å². The van der Waals surface area contributed by atoms with Crippen molar-refractivity contribution in [3.05, 3.63) is 92.8 Å². The number of nitrogens with one attached hydrogen (secondary N) is 2. The fourth-order valence-electron chi connectivity index (χ4n) is 3.35. The molecule has 0 unspecified atom stereocenters. The molecule has 1 aromatic heterocycles. The molecule has 0 saturated carbocycles. The normalized spacial score (nSPS) is 11.3. The first kappa shape index (κ1) is 28.0. The largest absolute Gasteiger partial charge is 0.495 e. The molecule has 4 aromatic rings. The lowest BCUT2D eigenvalue weighted by Gasteiger charge is -2.14. The minimum absolute atomic E-state index is 0.0757. The number of para-hydroxylation sites is 2. The summed E-state index contributed by atoms with van der Waals surface area (Å²) in [5.41, 5.74) is 2.28. The van der Waals surface area contributed by atoms with Crippen LogP contribution >= 0.6 is 11.8 Å². The van der Waals surface area contributed by atoms with Gasteiger partial charge in [0.2, 0.25) is 0 Å². The number of non-ortho nitro benzene ring substituents is 1. The zero-order valence-electron chi connectivity index (χ0n) is 20.8. The van der Waals surface area contributed by atoms with Gasteiger partial charge < -0.3 is 9.30 Å². The maximum Gasteiger partial charge on any atom is 0.283 e. The van der Waals surface area contributed by atoms with Gasteiger partial charge in [-0.25, -0.2) is 8.42 Å². The van der Waals surface area contributed by atoms with E-state index in [1.807, 2.05) is 0 Å². The van der Waals surface area contributed by atoms with Crippen LogP contribution in [-0.4, -0.2) is 46.4 Å². The summed E-state index contributed by atoms with van der Waals surface area (Å²) in [6.07, 6.45) is 2.72. The molecule has 0 fully saturated rings. The summed E-state index contributed by atoms with van der Waals surface area (Å²) in [7, 11) is -1.28. The van der Waals surface area contributed by atoms with Crippen LogP contribution in [0.2, 0.25) is 0 Å². The molecule has 2 N–H and O–H groups in total. The summed E-state index contributed by atoms with van der Waals surface area (Å²) in [4.78, 5) is 21.6. The SMILES string of the molecule is COc1ccccc1NS(=O)(=O)c1cc([N+](=O)[O-])ccc1N/N=C\c1ccc(Sc2nncn2C)c([N+](=O)[O-])c1. The number of aromatic nitrogens is 3. The maximum atomic E-state index is 13.2. The highest BCUT2D eigenvalue weighted by molar-refractivity contribution is 7.99. The fraction of sp³-hybridized carbons (Fsp3) is 0.0870. The molecule has 4 rings (SSSR count). The van der Waals surface area contributed by atoms with Gasteiger partial charge in [0.15, 0.2) is 5.16 Å². The van der Waals surface area contributed by atoms with Gasteiger partial charge in [-0.15, -0.1) is 10.2 Å². The van der Waals surface area contributed by atoms with E-state index in [0.29, 0.717) is 15.6 Å². The second kappa shape index (κ2) is 11.8. The highest BCUT2D eigenvalue weighted by atomic mass is 32.2. The Labute approximate surface area is 231 Å². The van der Waals surface area contributed by atoms with E-state index >= 15 is 0 Å². The summed E-state index contributed by atoms with van der Waals surface area (Å²) in [6, 6.07) is 13.8. The van der Waals surface area contributed by atoms with Gasteiger partial charge in [0.05, 0.1) is 39.4 Å². The van der Waals surface area contributed by atoms with E-state index in [4.69, 9.17) is 4.74 Å². The Morgan fingerprint density at radius 2 is 1.82 bits per heavy atom. The second-order valence-corrected chi connectivity index (χ2v) is 10.6. The number of benzene rings is 3. The number of anilines is 2. The van der Waals surface area contributed by atoms with E-state index in [-0.39, 0.29) is 22.8 Å². The summed E-state index contributed by atoms with van der Waals surface area (Å²) in [5.74, 6) is 0.242. The van der Waals surface area contributed by atoms with Crippen LogP contribution in [-0.2, 0) is 17.1 Å². The average molecular weight is 585 g/mol. The van der Waals surface area contributed by atoms with Crippen LogP contribution in [0.1, 0.15) is 5.56 Å². The lowest BCUT2D eigenvalue weighted by atomic mass is 10.2. The topological polar surface area (TPSA) is 197 Å². The predicted molar refractivity (Wildman–Crippen MR) is 146 cm³/mol. The standard InChI is InChI=1S/C23H20N8O7S2/c1-29-14-25-27-23(29)39-21-10-7-15(11-19(21)31(34)35)13-24-26-18-9-8-16(30(32)33)12-22(18)40(36,37)28-17-5-3-4-6-20(17)38-2/h3-14,26,28H,1-2H3/b24-13-. The van der Waals surface area contributed by atoms with E-state index in [2.05, 4.69) is 25.4 Å². The summed E-state index contributed by atoms with van der Waals surface area (Å²) in [5, 5.41) is 35.1. The van der Waals surface area contributed by atoms with Crippen LogP contribution in [0.4, 0.5) is 22.7 Å². The number of nitrogens with zero attached hydrogens (tertiary/aromatic N) is 6. The Hall–Kier alpha value is -5.03. The summed E-state index contributed by atoms with van der Waals surface area (Å²) < 4.78 is 35.6. The Morgan fingerprint density at radius 1 is 1.05 bits per heavy atom. The zero-order valence-corrected chi connectivity index (χ0v) is 22.4. The van der Waals surface area contributed by atoms with Gasteiger partial charge in [0, 0.05) is 30.8 Å². The molecule has 0 atom stereocenters. The van der Waals surface area contributed by atoms with Crippen molar-refractivity contribution in [3.63, 3.8) is 0 Å². The van der Waals surface area contributed by atoms with Gasteiger partial charge in [-0.3, -0.25) is 30.4 Å². The Balaban J connectivity index is 1.62. The van der Waals surface area contributed by atoms with E-state index in [1.165, 1.54) is 43.9 Å². The summed E-state index contributed by atoms with van der Waals surface area (Å²) in [6.45, 7) is 0. The van der Waals surface area contributed by atoms with Crippen molar-refractivity contribution in [1.82, 2.24) is 14.8 Å². The third kappa shape index (κ3) is 6.33. The number of ether oxygens (including phenoxy) is 1. The molecule has 0 amide bonds. The molecular formula is C23H20N8O7S2. The second-order valence-electron chi connectivity index (χ2n) is 7.92. The van der Waals surface area contributed by atoms with Gasteiger partial charge in [0.25, 0.3) is 21.4 Å². The van der Waals surface area contributed by atoms with Crippen molar-refractivity contribution >= 4 is 50.7 Å². The van der Waals surface area contributed by atoms with Gasteiger partial charge in [-0.1, -0.05) is 18.2 Å². The van der Waals surface area contributed by atoms with Crippen molar-refractivity contribution in [1.29, 1.82) is 0 Å². The molecule has 0 aliphatic rings. The Kier molecular flexibility index (Phi) is 8.25. The number of sulfonamides is 1. The van der Waals surface area contributed by atoms with Crippen LogP contribution in [0.25, 0.3) is 0 Å². The molecule has 1 heterocycles. The number of hydrogen-bond acceptors (Lipinski definition) is 12. The highest BCUT2D eigenvalue weighted by Crippen LogP contribution is 2.34. The molecule has 0 radical (unpaired) electrons. The van der Waals surface area contributed by atoms with Crippen molar-refractivity contribution < 1.29 is 23.0 Å². The van der Waals surface area contributed by atoms with Crippen LogP contribution in [0.5, 0.6) is 5.75 Å². The molecule has 17 heteroatoms. The molecule has 0 aliphatic heterocycles. The first-order valence-corrected chi connectivity index (χ1v) is 13.4. The molecule has 40 heavy (non-hydrogen) atoms. The molecule has 15 nitrogen and oxygen atoms in total. The minimum atomic E-state index is -4.36. The smallest absolute Gasteiger partial charge is 0.283 e. The third-order valence-corrected chi connectivity index (χ3v) is 7.79. The number of hydrazone groups is 1. The van der Waals surface area contributed by atoms with Crippen molar-refractivity contribution in [3.8, 4) is 5.75 Å². The van der Waals surface area contributed by atoms with E-state index < -0.39 is 30.5 Å². The van der Waals surface area contributed by atoms with Crippen molar-refractivity contribution in [2.24, 2.45) is 12.1 Å². The minimum Gasteiger partial charge on any atom is -0.495 e. The number of rotatable bonds is 11. The van der Waals surface area contributed by atoms with Crippen LogP contribution in [0.15, 0.2) is 87.0 Å². The Morgan fingerprint density at radius 3 is 2.50 bits per heavy atom. The number of nitro groups is 2. The predicted octanol–water partition coefficient (Wildman–Crippen LogP) is 4.04. The first-order chi connectivity index (χ1) is 19.1. The number of aryl methyl sites for hydroxylation is 1. The summed E-state index contributed by atoms with van der Waals surface area (Å²) >= 11 is 1.07. The zero-order chi connectivity index (χ0) is 28.9. The fourth-order valence-corrected chi connectivity index (χ4v) is 5.45. The number of nitro benzene ring substituents is 2. The maximum absolute atomic E-state index is 13.2. The molecule has 0 saturated heterocycles. The molecule has 3 aromatic carbocycles. The van der Waals surface area contributed by atoms with Crippen LogP contribution in [0, 0.1) is 20.2 Å². The molecular weight excluding hydrogens is 564 g/mol. The first-order valence-electron chi connectivity index (χ1n) is 11.1. The van der Waals surface area contributed by atoms with Crippen LogP contribution in [0.3, 0.4) is 0 Å². The van der Waals surface area contributed by atoms with Crippen molar-refractivity contribution in [2.45, 2.75) is 14.9 Å². The average Bonchev–Trinajstić information content (AvgIpc) is 3.33. The van der Waals surface area contributed by atoms with Crippen LogP contribution < -0.4 is 14.9 Å². The highest BCUT2D eigenvalue weighted by Gasteiger charge is 2.24. The lowest BCUT2D eigenvalue weighted by molar-refractivity contribution is -0.387. The van der Waals surface area contributed by atoms with Gasteiger partial charge in [-0.05, 0) is 36.0 Å². The van der Waals surface area contributed by atoms with E-state index in [9.17, 15) is 28.6 Å². The lowest BCUT2D eigenvalue weighted by Crippen LogP contribution is -2.15. The molecule has 0 aliphatic carbocycles. The Bertz CT molecular complexity index is 1720. The monoisotopic (exact) mass is 584 g/mol. The third-order valence-electron chi connectivity index (χ3n) is 5.27. The van der Waals surface area contributed by atoms with Gasteiger partial charge in [0.1, 0.15) is 17.0 Å². The van der Waals surface area contributed by atoms with Gasteiger partial charge >= 0.3 is 0 Å². The quantitative estimate of drug-likeness (QED) is 0.147. The number of hydrogen-bond donors (Lipinski definition) is 2. The molecule has 0 bridgehead atoms. The van der Waals surface area contributed by atoms with Gasteiger partial charge in [-0.2, -0.15) is 5.10 Å². The van der Waals surface area contributed by atoms with Crippen molar-refractivity contribution in [2.75, 3.05) is 17.3 Å². The number of methoxy groups -OCH3 is 1.